The van der Waals surface area contributed by atoms with Crippen LogP contribution in [-0.2, 0) is 4.74 Å². The van der Waals surface area contributed by atoms with E-state index in [9.17, 15) is 0 Å². The zero-order valence-electron chi connectivity index (χ0n) is 13.4. The maximum atomic E-state index is 5.91. The van der Waals surface area contributed by atoms with Gasteiger partial charge in [-0.1, -0.05) is 6.92 Å². The molecule has 2 heterocycles. The normalized spacial score (nSPS) is 26.9. The lowest BCUT2D eigenvalue weighted by Gasteiger charge is -2.40. The fourth-order valence-corrected chi connectivity index (χ4v) is 3.07. The molecule has 20 heavy (non-hydrogen) atoms. The molecule has 4 heteroatoms. The summed E-state index contributed by atoms with van der Waals surface area (Å²) in [5.41, 5.74) is 0. The summed E-state index contributed by atoms with van der Waals surface area (Å²) in [7, 11) is 4.48. The summed E-state index contributed by atoms with van der Waals surface area (Å²) >= 11 is 0. The van der Waals surface area contributed by atoms with Crippen LogP contribution in [0.1, 0.15) is 32.6 Å². The minimum Gasteiger partial charge on any atom is -0.497 e. The Morgan fingerprint density at radius 1 is 1.40 bits per heavy atom. The minimum absolute atomic E-state index is 0.384. The molecule has 2 unspecified atom stereocenters. The quantitative estimate of drug-likeness (QED) is 0.802. The summed E-state index contributed by atoms with van der Waals surface area (Å²) in [5.74, 6) is 1.19. The molecular weight excluding hydrogens is 250 g/mol. The minimum atomic E-state index is 0.384. The van der Waals surface area contributed by atoms with Crippen molar-refractivity contribution in [1.82, 2.24) is 15.1 Å². The third-order valence-corrected chi connectivity index (χ3v) is 4.43. The molecule has 0 saturated carbocycles. The van der Waals surface area contributed by atoms with Gasteiger partial charge in [0, 0.05) is 25.7 Å². The van der Waals surface area contributed by atoms with E-state index in [1.165, 1.54) is 31.7 Å². The van der Waals surface area contributed by atoms with Crippen LogP contribution in [0.2, 0.25) is 0 Å². The third-order valence-electron chi connectivity index (χ3n) is 4.43. The van der Waals surface area contributed by atoms with Gasteiger partial charge < -0.3 is 19.9 Å². The van der Waals surface area contributed by atoms with Gasteiger partial charge in [0.25, 0.3) is 0 Å². The number of hydrogen-bond acceptors (Lipinski definition) is 4. The first kappa shape index (κ1) is 15.8. The van der Waals surface area contributed by atoms with Gasteiger partial charge in [0.15, 0.2) is 0 Å². The zero-order chi connectivity index (χ0) is 14.4. The van der Waals surface area contributed by atoms with E-state index in [4.69, 9.17) is 4.74 Å². The van der Waals surface area contributed by atoms with E-state index in [0.717, 1.165) is 32.5 Å². The van der Waals surface area contributed by atoms with Crippen molar-refractivity contribution in [1.29, 1.82) is 0 Å². The Labute approximate surface area is 124 Å². The second-order valence-corrected chi connectivity index (χ2v) is 6.24. The Bertz CT molecular complexity index is 319. The monoisotopic (exact) mass is 281 g/mol. The van der Waals surface area contributed by atoms with Crippen molar-refractivity contribution in [2.75, 3.05) is 46.9 Å². The fourth-order valence-electron chi connectivity index (χ4n) is 3.07. The van der Waals surface area contributed by atoms with Crippen molar-refractivity contribution in [3.63, 3.8) is 0 Å². The van der Waals surface area contributed by atoms with Gasteiger partial charge in [-0.15, -0.1) is 0 Å². The molecule has 0 aliphatic carbocycles. The van der Waals surface area contributed by atoms with Gasteiger partial charge >= 0.3 is 0 Å². The smallest absolute Gasteiger partial charge is 0.109 e. The topological polar surface area (TPSA) is 27.7 Å². The molecule has 2 atom stereocenters. The molecule has 0 aromatic carbocycles. The summed E-state index contributed by atoms with van der Waals surface area (Å²) < 4.78 is 5.91. The van der Waals surface area contributed by atoms with Crippen LogP contribution in [0.25, 0.3) is 0 Å². The van der Waals surface area contributed by atoms with Crippen LogP contribution >= 0.6 is 0 Å². The fraction of sp³-hybridized carbons (Fsp3) is 0.875. The molecule has 2 rings (SSSR count). The van der Waals surface area contributed by atoms with E-state index < -0.39 is 0 Å². The Morgan fingerprint density at radius 2 is 2.25 bits per heavy atom. The van der Waals surface area contributed by atoms with Crippen LogP contribution in [0.3, 0.4) is 0 Å². The molecule has 0 aromatic heterocycles. The Hall–Kier alpha value is -0.580. The van der Waals surface area contributed by atoms with Crippen LogP contribution < -0.4 is 5.32 Å². The maximum absolute atomic E-state index is 5.91. The number of piperazine rings is 1. The van der Waals surface area contributed by atoms with E-state index in [2.05, 4.69) is 42.2 Å². The van der Waals surface area contributed by atoms with Crippen molar-refractivity contribution >= 4 is 0 Å². The highest BCUT2D eigenvalue weighted by molar-refractivity contribution is 5.07. The Kier molecular flexibility index (Phi) is 6.33. The number of nitrogens with one attached hydrogen (secondary N) is 1. The SMILES string of the molecule is CCCNC(CC1CN(C)CCN1C)C1=CCCCO1. The summed E-state index contributed by atoms with van der Waals surface area (Å²) in [6.07, 6.45) is 6.94. The van der Waals surface area contributed by atoms with E-state index in [1.54, 1.807) is 0 Å². The van der Waals surface area contributed by atoms with Crippen molar-refractivity contribution < 1.29 is 4.74 Å². The van der Waals surface area contributed by atoms with Crippen LogP contribution in [0, 0.1) is 0 Å². The summed E-state index contributed by atoms with van der Waals surface area (Å²) in [6.45, 7) is 7.68. The number of ether oxygens (including phenoxy) is 1. The van der Waals surface area contributed by atoms with Gasteiger partial charge in [0.1, 0.15) is 5.76 Å². The molecule has 0 radical (unpaired) electrons. The lowest BCUT2D eigenvalue weighted by molar-refractivity contribution is 0.0918. The summed E-state index contributed by atoms with van der Waals surface area (Å²) in [4.78, 5) is 4.95. The number of allylic oxidation sites excluding steroid dienone is 1. The van der Waals surface area contributed by atoms with Crippen molar-refractivity contribution in [3.05, 3.63) is 11.8 Å². The van der Waals surface area contributed by atoms with Gasteiger partial charge in [-0.2, -0.15) is 0 Å². The molecule has 0 bridgehead atoms. The second kappa shape index (κ2) is 8.01. The van der Waals surface area contributed by atoms with E-state index in [1.807, 2.05) is 0 Å². The highest BCUT2D eigenvalue weighted by Crippen LogP contribution is 2.20. The zero-order valence-corrected chi connectivity index (χ0v) is 13.4. The molecular formula is C16H31N3O. The first-order valence-corrected chi connectivity index (χ1v) is 8.15. The van der Waals surface area contributed by atoms with Gasteiger partial charge in [-0.25, -0.2) is 0 Å². The maximum Gasteiger partial charge on any atom is 0.109 e. The van der Waals surface area contributed by atoms with E-state index in [0.29, 0.717) is 12.1 Å². The molecule has 0 aromatic rings. The standard InChI is InChI=1S/C16H31N3O/c1-4-8-17-15(16-7-5-6-11-20-16)12-14-13-18(2)9-10-19(14)3/h7,14-15,17H,4-6,8-13H2,1-3H3. The number of rotatable bonds is 6. The highest BCUT2D eigenvalue weighted by Gasteiger charge is 2.27. The molecule has 4 nitrogen and oxygen atoms in total. The average Bonchev–Trinajstić information content (AvgIpc) is 2.48. The van der Waals surface area contributed by atoms with Crippen molar-refractivity contribution in [2.24, 2.45) is 0 Å². The predicted octanol–water partition coefficient (Wildman–Crippen LogP) is 1.68. The summed E-state index contributed by atoms with van der Waals surface area (Å²) in [5, 5.41) is 3.68. The highest BCUT2D eigenvalue weighted by atomic mass is 16.5. The molecule has 0 amide bonds. The van der Waals surface area contributed by atoms with Gasteiger partial charge in [-0.3, -0.25) is 0 Å². The number of nitrogens with zero attached hydrogens (tertiary/aromatic N) is 2. The molecule has 2 aliphatic rings. The first-order valence-electron chi connectivity index (χ1n) is 8.15. The van der Waals surface area contributed by atoms with Crippen LogP contribution in [-0.4, -0.2) is 68.8 Å². The molecule has 116 valence electrons. The predicted molar refractivity (Wildman–Crippen MR) is 83.9 cm³/mol. The molecule has 1 saturated heterocycles. The lowest BCUT2D eigenvalue weighted by atomic mass is 10.00. The van der Waals surface area contributed by atoms with E-state index in [-0.39, 0.29) is 0 Å². The van der Waals surface area contributed by atoms with Crippen molar-refractivity contribution in [3.8, 4) is 0 Å². The third kappa shape index (κ3) is 4.47. The Morgan fingerprint density at radius 3 is 2.95 bits per heavy atom. The summed E-state index contributed by atoms with van der Waals surface area (Å²) in [6, 6.07) is 1.00. The van der Waals surface area contributed by atoms with Crippen LogP contribution in [0.5, 0.6) is 0 Å². The second-order valence-electron chi connectivity index (χ2n) is 6.24. The van der Waals surface area contributed by atoms with Gasteiger partial charge in [-0.05, 0) is 52.4 Å². The average molecular weight is 281 g/mol. The van der Waals surface area contributed by atoms with E-state index >= 15 is 0 Å². The molecule has 0 spiro atoms. The lowest BCUT2D eigenvalue weighted by Crippen LogP contribution is -2.52. The Balaban J connectivity index is 1.96. The number of likely N-dealkylation sites (N-methyl/N-ethyl adjacent to an activating group) is 2. The van der Waals surface area contributed by atoms with Crippen molar-refractivity contribution in [2.45, 2.75) is 44.7 Å². The number of hydrogen-bond donors (Lipinski definition) is 1. The van der Waals surface area contributed by atoms with Gasteiger partial charge in [0.05, 0.1) is 12.6 Å². The van der Waals surface area contributed by atoms with Gasteiger partial charge in [0.2, 0.25) is 0 Å². The van der Waals surface area contributed by atoms with Crippen LogP contribution in [0.15, 0.2) is 11.8 Å². The molecule has 2 aliphatic heterocycles. The molecule has 1 fully saturated rings. The van der Waals surface area contributed by atoms with Crippen LogP contribution in [0.4, 0.5) is 0 Å². The molecule has 1 N–H and O–H groups in total. The first-order chi connectivity index (χ1) is 9.70. The largest absolute Gasteiger partial charge is 0.497 e.